The molecule has 8 nitrogen and oxygen atoms in total. The second-order valence-electron chi connectivity index (χ2n) is 4.53. The van der Waals surface area contributed by atoms with Gasteiger partial charge in [-0.25, -0.2) is 8.42 Å². The Balaban J connectivity index is 2.88. The summed E-state index contributed by atoms with van der Waals surface area (Å²) in [5, 5.41) is 13.9. The van der Waals surface area contributed by atoms with E-state index in [0.29, 0.717) is 19.4 Å². The molecule has 0 saturated heterocycles. The lowest BCUT2D eigenvalue weighted by Crippen LogP contribution is -2.11. The van der Waals surface area contributed by atoms with Gasteiger partial charge in [-0.15, -0.1) is 0 Å². The Morgan fingerprint density at radius 2 is 2.05 bits per heavy atom. The quantitative estimate of drug-likeness (QED) is 0.419. The number of nitro groups is 1. The van der Waals surface area contributed by atoms with Crippen molar-refractivity contribution in [2.24, 2.45) is 5.73 Å². The summed E-state index contributed by atoms with van der Waals surface area (Å²) in [6.07, 6.45) is 2.31. The topological polar surface area (TPSA) is 132 Å². The Labute approximate surface area is 122 Å². The maximum atomic E-state index is 11.6. The number of hydrogen-bond donors (Lipinski definition) is 2. The predicted molar refractivity (Wildman–Crippen MR) is 77.7 cm³/mol. The van der Waals surface area contributed by atoms with E-state index >= 15 is 0 Å². The van der Waals surface area contributed by atoms with Crippen molar-refractivity contribution in [3.63, 3.8) is 0 Å². The molecular weight excluding hydrogens is 298 g/mol. The van der Waals surface area contributed by atoms with Crippen molar-refractivity contribution in [2.45, 2.75) is 24.2 Å². The number of para-hydroxylation sites is 1. The molecule has 0 heterocycles. The Bertz CT molecular complexity index is 642. The van der Waals surface area contributed by atoms with Crippen molar-refractivity contribution in [3.8, 4) is 0 Å². The SMILES string of the molecule is CS(=O)(=O)c1cccc(NCCCCC(N)=O)c1[N+](=O)[O-]. The van der Waals surface area contributed by atoms with E-state index in [1.54, 1.807) is 0 Å². The molecule has 0 radical (unpaired) electrons. The summed E-state index contributed by atoms with van der Waals surface area (Å²) in [5.74, 6) is -0.403. The summed E-state index contributed by atoms with van der Waals surface area (Å²) in [4.78, 5) is 20.6. The Hall–Kier alpha value is -2.16. The Morgan fingerprint density at radius 1 is 1.38 bits per heavy atom. The molecule has 0 aliphatic carbocycles. The molecule has 0 bridgehead atoms. The predicted octanol–water partition coefficient (Wildman–Crippen LogP) is 1.07. The van der Waals surface area contributed by atoms with E-state index < -0.39 is 26.4 Å². The van der Waals surface area contributed by atoms with Gasteiger partial charge in [-0.1, -0.05) is 6.07 Å². The van der Waals surface area contributed by atoms with Crippen molar-refractivity contribution in [1.82, 2.24) is 0 Å². The third-order valence-electron chi connectivity index (χ3n) is 2.75. The fourth-order valence-electron chi connectivity index (χ4n) is 1.80. The Morgan fingerprint density at radius 3 is 2.57 bits per heavy atom. The molecule has 0 aromatic heterocycles. The number of anilines is 1. The average molecular weight is 315 g/mol. The molecule has 1 aromatic rings. The van der Waals surface area contributed by atoms with Gasteiger partial charge in [0.25, 0.3) is 0 Å². The fraction of sp³-hybridized carbons (Fsp3) is 0.417. The van der Waals surface area contributed by atoms with Crippen LogP contribution in [-0.2, 0) is 14.6 Å². The largest absolute Gasteiger partial charge is 0.379 e. The molecule has 0 unspecified atom stereocenters. The van der Waals surface area contributed by atoms with Crippen LogP contribution in [0.5, 0.6) is 0 Å². The second kappa shape index (κ2) is 7.02. The number of unbranched alkanes of at least 4 members (excludes halogenated alkanes) is 1. The van der Waals surface area contributed by atoms with Crippen molar-refractivity contribution < 1.29 is 18.1 Å². The molecule has 0 aliphatic heterocycles. The van der Waals surface area contributed by atoms with Gasteiger partial charge >= 0.3 is 5.69 Å². The van der Waals surface area contributed by atoms with Gasteiger partial charge in [0.05, 0.1) is 4.92 Å². The van der Waals surface area contributed by atoms with Crippen molar-refractivity contribution in [3.05, 3.63) is 28.3 Å². The minimum atomic E-state index is -3.69. The van der Waals surface area contributed by atoms with Crippen LogP contribution in [0.1, 0.15) is 19.3 Å². The number of rotatable bonds is 8. The van der Waals surface area contributed by atoms with Crippen LogP contribution in [0, 0.1) is 10.1 Å². The van der Waals surface area contributed by atoms with Crippen LogP contribution < -0.4 is 11.1 Å². The van der Waals surface area contributed by atoms with Crippen molar-refractivity contribution in [2.75, 3.05) is 18.1 Å². The molecule has 1 aromatic carbocycles. The lowest BCUT2D eigenvalue weighted by molar-refractivity contribution is -0.386. The van der Waals surface area contributed by atoms with Crippen LogP contribution in [-0.4, -0.2) is 32.0 Å². The third-order valence-corrected chi connectivity index (χ3v) is 3.87. The number of benzene rings is 1. The van der Waals surface area contributed by atoms with Gasteiger partial charge < -0.3 is 11.1 Å². The first-order valence-electron chi connectivity index (χ1n) is 6.23. The summed E-state index contributed by atoms with van der Waals surface area (Å²) < 4.78 is 23.2. The van der Waals surface area contributed by atoms with Gasteiger partial charge in [0.2, 0.25) is 5.91 Å². The number of nitrogens with two attached hydrogens (primary N) is 1. The van der Waals surface area contributed by atoms with E-state index in [1.807, 2.05) is 0 Å². The van der Waals surface area contributed by atoms with Gasteiger partial charge in [0.1, 0.15) is 10.6 Å². The highest BCUT2D eigenvalue weighted by Gasteiger charge is 2.25. The second-order valence-corrected chi connectivity index (χ2v) is 6.52. The summed E-state index contributed by atoms with van der Waals surface area (Å²) in [6.45, 7) is 0.376. The lowest BCUT2D eigenvalue weighted by Gasteiger charge is -2.09. The zero-order valence-corrected chi connectivity index (χ0v) is 12.4. The van der Waals surface area contributed by atoms with Gasteiger partial charge in [-0.3, -0.25) is 14.9 Å². The summed E-state index contributed by atoms with van der Waals surface area (Å²) in [7, 11) is -3.69. The van der Waals surface area contributed by atoms with Crippen LogP contribution >= 0.6 is 0 Å². The molecule has 1 rings (SSSR count). The first-order chi connectivity index (χ1) is 9.73. The van der Waals surface area contributed by atoms with Gasteiger partial charge in [0, 0.05) is 19.2 Å². The number of carbonyl (C=O) groups excluding carboxylic acids is 1. The maximum Gasteiger partial charge on any atom is 0.310 e. The van der Waals surface area contributed by atoms with Crippen LogP contribution in [0.2, 0.25) is 0 Å². The number of nitrogens with one attached hydrogen (secondary N) is 1. The van der Waals surface area contributed by atoms with Crippen LogP contribution in [0.4, 0.5) is 11.4 Å². The molecule has 0 atom stereocenters. The smallest absolute Gasteiger partial charge is 0.310 e. The van der Waals surface area contributed by atoms with E-state index in [1.165, 1.54) is 18.2 Å². The number of nitro benzene ring substituents is 1. The van der Waals surface area contributed by atoms with E-state index in [4.69, 9.17) is 5.73 Å². The number of primary amides is 1. The van der Waals surface area contributed by atoms with Gasteiger partial charge in [0.15, 0.2) is 9.84 Å². The van der Waals surface area contributed by atoms with Crippen molar-refractivity contribution >= 4 is 27.1 Å². The van der Waals surface area contributed by atoms with E-state index in [-0.39, 0.29) is 17.0 Å². The van der Waals surface area contributed by atoms with Gasteiger partial charge in [-0.2, -0.15) is 0 Å². The minimum Gasteiger partial charge on any atom is -0.379 e. The summed E-state index contributed by atoms with van der Waals surface area (Å²) >= 11 is 0. The molecule has 1 amide bonds. The molecule has 21 heavy (non-hydrogen) atoms. The highest BCUT2D eigenvalue weighted by atomic mass is 32.2. The minimum absolute atomic E-state index is 0.141. The number of sulfone groups is 1. The first kappa shape index (κ1) is 16.9. The molecular formula is C12H17N3O5S. The van der Waals surface area contributed by atoms with Crippen LogP contribution in [0.15, 0.2) is 23.1 Å². The fourth-order valence-corrected chi connectivity index (χ4v) is 2.66. The molecule has 0 fully saturated rings. The highest BCUT2D eigenvalue weighted by molar-refractivity contribution is 7.90. The monoisotopic (exact) mass is 315 g/mol. The van der Waals surface area contributed by atoms with Gasteiger partial charge in [-0.05, 0) is 25.0 Å². The van der Waals surface area contributed by atoms with Crippen molar-refractivity contribution in [1.29, 1.82) is 0 Å². The average Bonchev–Trinajstić information content (AvgIpc) is 2.36. The zero-order valence-electron chi connectivity index (χ0n) is 11.5. The number of amides is 1. The highest BCUT2D eigenvalue weighted by Crippen LogP contribution is 2.31. The van der Waals surface area contributed by atoms with E-state index in [0.717, 1.165) is 6.26 Å². The molecule has 0 spiro atoms. The molecule has 0 aliphatic rings. The van der Waals surface area contributed by atoms with E-state index in [9.17, 15) is 23.3 Å². The number of hydrogen-bond acceptors (Lipinski definition) is 6. The maximum absolute atomic E-state index is 11.6. The summed E-state index contributed by atoms with van der Waals surface area (Å²) in [6, 6.07) is 4.09. The molecule has 3 N–H and O–H groups in total. The zero-order chi connectivity index (χ0) is 16.0. The van der Waals surface area contributed by atoms with E-state index in [2.05, 4.69) is 5.32 Å². The normalized spacial score (nSPS) is 11.1. The summed E-state index contributed by atoms with van der Waals surface area (Å²) in [5.41, 5.74) is 4.68. The van der Waals surface area contributed by atoms with Crippen LogP contribution in [0.3, 0.4) is 0 Å². The first-order valence-corrected chi connectivity index (χ1v) is 8.12. The molecule has 0 saturated carbocycles. The Kier molecular flexibility index (Phi) is 5.65. The number of carbonyl (C=O) groups is 1. The lowest BCUT2D eigenvalue weighted by atomic mass is 10.2. The molecule has 116 valence electrons. The van der Waals surface area contributed by atoms with Crippen LogP contribution in [0.25, 0.3) is 0 Å². The number of nitrogens with zero attached hydrogens (tertiary/aromatic N) is 1. The molecule has 9 heteroatoms. The standard InChI is InChI=1S/C12H17N3O5S/c1-21(19,20)10-6-4-5-9(12(10)15(17)18)14-8-3-2-7-11(13)16/h4-6,14H,2-3,7-8H2,1H3,(H2,13,16). The third kappa shape index (κ3) is 5.03.